The number of para-hydroxylation sites is 1. The molecule has 1 N–H and O–H groups in total. The van der Waals surface area contributed by atoms with Crippen molar-refractivity contribution < 1.29 is 4.42 Å². The Morgan fingerprint density at radius 2 is 1.12 bits per heavy atom. The van der Waals surface area contributed by atoms with E-state index in [4.69, 9.17) is 14.4 Å². The van der Waals surface area contributed by atoms with Crippen molar-refractivity contribution in [2.75, 3.05) is 0 Å². The SMILES string of the molecule is c1ccc(C2=NC(c3cccc4oc5c(-c6cccc7sc8cc9ccccc9cc8c67)cccc5c34)N=C(c3ccc4ccc5ccccc5c4c3)N2)cc1. The molecular weight excluding hydrogens is 703 g/mol. The van der Waals surface area contributed by atoms with Crippen molar-refractivity contribution in [2.24, 2.45) is 9.98 Å². The van der Waals surface area contributed by atoms with Gasteiger partial charge in [0.05, 0.1) is 0 Å². The summed E-state index contributed by atoms with van der Waals surface area (Å²) >= 11 is 1.85. The van der Waals surface area contributed by atoms with Crippen LogP contribution in [0, 0.1) is 0 Å². The van der Waals surface area contributed by atoms with Crippen molar-refractivity contribution in [1.29, 1.82) is 0 Å². The third kappa shape index (κ3) is 4.84. The summed E-state index contributed by atoms with van der Waals surface area (Å²) in [6, 6.07) is 62.6. The quantitative estimate of drug-likeness (QED) is 0.183. The smallest absolute Gasteiger partial charge is 0.170 e. The van der Waals surface area contributed by atoms with Gasteiger partial charge in [0.15, 0.2) is 6.17 Å². The molecule has 1 aliphatic heterocycles. The van der Waals surface area contributed by atoms with E-state index in [1.165, 1.54) is 58.1 Å². The number of furan rings is 1. The Bertz CT molecular complexity index is 3460. The normalized spacial score (nSPS) is 14.6. The van der Waals surface area contributed by atoms with Crippen LogP contribution in [-0.2, 0) is 0 Å². The molecule has 1 aliphatic rings. The second-order valence-corrected chi connectivity index (χ2v) is 15.6. The van der Waals surface area contributed by atoms with Gasteiger partial charge in [0.25, 0.3) is 0 Å². The molecule has 11 aromatic rings. The summed E-state index contributed by atoms with van der Waals surface area (Å²) in [5.74, 6) is 1.57. The number of hydrogen-bond donors (Lipinski definition) is 1. The summed E-state index contributed by atoms with van der Waals surface area (Å²) in [4.78, 5) is 10.7. The summed E-state index contributed by atoms with van der Waals surface area (Å²) in [7, 11) is 0. The predicted molar refractivity (Wildman–Crippen MR) is 236 cm³/mol. The third-order valence-corrected chi connectivity index (χ3v) is 12.4. The van der Waals surface area contributed by atoms with Crippen LogP contribution in [0.2, 0.25) is 0 Å². The molecule has 4 nitrogen and oxygen atoms in total. The van der Waals surface area contributed by atoms with Crippen LogP contribution in [0.15, 0.2) is 190 Å². The van der Waals surface area contributed by atoms with Gasteiger partial charge in [0.1, 0.15) is 22.8 Å². The van der Waals surface area contributed by atoms with Crippen molar-refractivity contribution >= 4 is 97.4 Å². The van der Waals surface area contributed by atoms with Gasteiger partial charge in [0.2, 0.25) is 0 Å². The highest BCUT2D eigenvalue weighted by atomic mass is 32.1. The highest BCUT2D eigenvalue weighted by molar-refractivity contribution is 7.26. The first-order valence-corrected chi connectivity index (χ1v) is 19.7. The topological polar surface area (TPSA) is 49.9 Å². The van der Waals surface area contributed by atoms with E-state index >= 15 is 0 Å². The molecule has 0 saturated heterocycles. The Labute approximate surface area is 325 Å². The third-order valence-electron chi connectivity index (χ3n) is 11.3. The van der Waals surface area contributed by atoms with E-state index in [2.05, 4.69) is 163 Å². The van der Waals surface area contributed by atoms with Gasteiger partial charge < -0.3 is 9.73 Å². The van der Waals surface area contributed by atoms with Gasteiger partial charge >= 0.3 is 0 Å². The zero-order valence-corrected chi connectivity index (χ0v) is 30.8. The lowest BCUT2D eigenvalue weighted by molar-refractivity contribution is 0.668. The standard InChI is InChI=1S/C51H31N3OS/c1-2-12-32(13-3-1)49-52-50(35-26-25-31-24-23-30-11-6-7-16-36(30)41(31)28-35)54-51(53-49)40-20-9-21-43-46(40)39-19-8-18-38(48(39)55-43)37-17-10-22-44-47(37)42-27-33-14-4-5-15-34(33)29-45(42)56-44/h1-29,51H,(H,52,53,54). The predicted octanol–water partition coefficient (Wildman–Crippen LogP) is 13.6. The van der Waals surface area contributed by atoms with Crippen molar-refractivity contribution in [1.82, 2.24) is 5.32 Å². The number of fused-ring (bicyclic) bond motifs is 10. The number of nitrogens with one attached hydrogen (secondary N) is 1. The first kappa shape index (κ1) is 31.3. The molecule has 0 aliphatic carbocycles. The average Bonchev–Trinajstić information content (AvgIpc) is 3.83. The molecule has 0 radical (unpaired) electrons. The fraction of sp³-hybridized carbons (Fsp3) is 0.0196. The van der Waals surface area contributed by atoms with Crippen LogP contribution in [0.4, 0.5) is 0 Å². The minimum absolute atomic E-state index is 0.504. The number of hydrogen-bond acceptors (Lipinski definition) is 5. The second kappa shape index (κ2) is 12.2. The van der Waals surface area contributed by atoms with Crippen molar-refractivity contribution in [3.8, 4) is 11.1 Å². The molecule has 0 bridgehead atoms. The van der Waals surface area contributed by atoms with Crippen molar-refractivity contribution in [3.63, 3.8) is 0 Å². The molecule has 262 valence electrons. The molecule has 3 heterocycles. The number of rotatable bonds is 4. The van der Waals surface area contributed by atoms with E-state index in [0.29, 0.717) is 0 Å². The highest BCUT2D eigenvalue weighted by Crippen LogP contribution is 2.45. The Hall–Kier alpha value is -7.08. The zero-order valence-electron chi connectivity index (χ0n) is 30.0. The van der Waals surface area contributed by atoms with Crippen LogP contribution in [0.25, 0.3) is 85.6 Å². The summed E-state index contributed by atoms with van der Waals surface area (Å²) in [5, 5.41) is 15.6. The average molecular weight is 734 g/mol. The number of benzene rings is 9. The van der Waals surface area contributed by atoms with Crippen LogP contribution in [0.5, 0.6) is 0 Å². The summed E-state index contributed by atoms with van der Waals surface area (Å²) in [5.41, 5.74) is 6.96. The lowest BCUT2D eigenvalue weighted by Gasteiger charge is -2.23. The molecule has 1 atom stereocenters. The maximum absolute atomic E-state index is 6.88. The molecule has 56 heavy (non-hydrogen) atoms. The first-order valence-electron chi connectivity index (χ1n) is 18.9. The molecule has 12 rings (SSSR count). The summed E-state index contributed by atoms with van der Waals surface area (Å²) in [6.45, 7) is 0. The molecule has 2 aromatic heterocycles. The van der Waals surface area contributed by atoms with E-state index in [1.54, 1.807) is 0 Å². The molecule has 0 saturated carbocycles. The molecular formula is C51H31N3OS. The highest BCUT2D eigenvalue weighted by Gasteiger charge is 2.25. The molecule has 0 spiro atoms. The van der Waals surface area contributed by atoms with Crippen LogP contribution in [-0.4, -0.2) is 11.7 Å². The zero-order chi connectivity index (χ0) is 36.7. The van der Waals surface area contributed by atoms with E-state index in [0.717, 1.165) is 55.9 Å². The maximum atomic E-state index is 6.88. The van der Waals surface area contributed by atoms with Gasteiger partial charge in [-0.3, -0.25) is 0 Å². The summed E-state index contributed by atoms with van der Waals surface area (Å²) < 4.78 is 9.43. The minimum Gasteiger partial charge on any atom is -0.455 e. The molecule has 5 heteroatoms. The Kier molecular flexibility index (Phi) is 6.83. The van der Waals surface area contributed by atoms with Crippen molar-refractivity contribution in [2.45, 2.75) is 6.17 Å². The van der Waals surface area contributed by atoms with Crippen LogP contribution in [0.3, 0.4) is 0 Å². The van der Waals surface area contributed by atoms with Crippen molar-refractivity contribution in [3.05, 3.63) is 193 Å². The number of thiophene rings is 1. The number of amidine groups is 2. The minimum atomic E-state index is -0.504. The van der Waals surface area contributed by atoms with Gasteiger partial charge in [-0.15, -0.1) is 11.3 Å². The fourth-order valence-corrected chi connectivity index (χ4v) is 9.83. The molecule has 1 unspecified atom stereocenters. The molecule has 0 fully saturated rings. The number of aliphatic imine (C=N–C) groups is 2. The van der Waals surface area contributed by atoms with E-state index in [1.807, 2.05) is 29.5 Å². The first-order chi connectivity index (χ1) is 27.7. The van der Waals surface area contributed by atoms with Gasteiger partial charge in [-0.2, -0.15) is 0 Å². The van der Waals surface area contributed by atoms with E-state index in [9.17, 15) is 0 Å². The van der Waals surface area contributed by atoms with Gasteiger partial charge in [0, 0.05) is 53.2 Å². The Morgan fingerprint density at radius 1 is 0.446 bits per heavy atom. The van der Waals surface area contributed by atoms with Crippen LogP contribution in [0.1, 0.15) is 22.9 Å². The lowest BCUT2D eigenvalue weighted by atomic mass is 9.96. The Balaban J connectivity index is 1.05. The summed E-state index contributed by atoms with van der Waals surface area (Å²) in [6.07, 6.45) is -0.504. The van der Waals surface area contributed by atoms with Gasteiger partial charge in [-0.1, -0.05) is 146 Å². The largest absolute Gasteiger partial charge is 0.455 e. The monoisotopic (exact) mass is 733 g/mol. The van der Waals surface area contributed by atoms with E-state index in [-0.39, 0.29) is 0 Å². The van der Waals surface area contributed by atoms with E-state index < -0.39 is 6.17 Å². The molecule has 9 aromatic carbocycles. The fourth-order valence-electron chi connectivity index (χ4n) is 8.67. The number of nitrogens with zero attached hydrogens (tertiary/aromatic N) is 2. The second-order valence-electron chi connectivity index (χ2n) is 14.5. The maximum Gasteiger partial charge on any atom is 0.170 e. The van der Waals surface area contributed by atoms with Gasteiger partial charge in [-0.25, -0.2) is 9.98 Å². The van der Waals surface area contributed by atoms with Crippen LogP contribution >= 0.6 is 11.3 Å². The van der Waals surface area contributed by atoms with Crippen LogP contribution < -0.4 is 5.32 Å². The molecule has 0 amide bonds. The lowest BCUT2D eigenvalue weighted by Crippen LogP contribution is -2.36. The Morgan fingerprint density at radius 3 is 2.00 bits per heavy atom. The van der Waals surface area contributed by atoms with Gasteiger partial charge in [-0.05, 0) is 68.2 Å².